The first-order valence-electron chi connectivity index (χ1n) is 5.81. The lowest BCUT2D eigenvalue weighted by molar-refractivity contribution is -0.141. The first-order valence-corrected chi connectivity index (χ1v) is 5.81. The second kappa shape index (κ2) is 5.86. The predicted octanol–water partition coefficient (Wildman–Crippen LogP) is 1.99. The zero-order valence-corrected chi connectivity index (χ0v) is 10.5. The van der Waals surface area contributed by atoms with E-state index in [1.807, 2.05) is 30.3 Å². The average molecular weight is 257 g/mol. The zero-order valence-electron chi connectivity index (χ0n) is 10.5. The summed E-state index contributed by atoms with van der Waals surface area (Å²) >= 11 is 0. The van der Waals surface area contributed by atoms with Crippen LogP contribution in [0.5, 0.6) is 0 Å². The summed E-state index contributed by atoms with van der Waals surface area (Å²) in [5, 5.41) is 3.03. The number of nitrogens with zero attached hydrogens (tertiary/aromatic N) is 1. The number of aromatic nitrogens is 1. The summed E-state index contributed by atoms with van der Waals surface area (Å²) in [6, 6.07) is 12.2. The van der Waals surface area contributed by atoms with Gasteiger partial charge in [-0.05, 0) is 17.7 Å². The number of ether oxygens (including phenoxy) is 1. The van der Waals surface area contributed by atoms with E-state index in [-0.39, 0.29) is 5.97 Å². The van der Waals surface area contributed by atoms with Crippen molar-refractivity contribution >= 4 is 17.5 Å². The molecule has 0 saturated carbocycles. The Morgan fingerprint density at radius 3 is 2.58 bits per heavy atom. The Kier molecular flexibility index (Phi) is 3.97. The van der Waals surface area contributed by atoms with Gasteiger partial charge in [-0.25, -0.2) is 9.78 Å². The predicted molar refractivity (Wildman–Crippen MR) is 73.5 cm³/mol. The molecular formula is C14H15N3O2. The monoisotopic (exact) mass is 257 g/mol. The van der Waals surface area contributed by atoms with Gasteiger partial charge in [0.15, 0.2) is 6.04 Å². The summed E-state index contributed by atoms with van der Waals surface area (Å²) in [6.07, 6.45) is 1.53. The lowest BCUT2D eigenvalue weighted by Gasteiger charge is -2.17. The van der Waals surface area contributed by atoms with E-state index < -0.39 is 6.04 Å². The molecule has 19 heavy (non-hydrogen) atoms. The van der Waals surface area contributed by atoms with Gasteiger partial charge < -0.3 is 15.8 Å². The topological polar surface area (TPSA) is 77.2 Å². The molecule has 0 aliphatic rings. The van der Waals surface area contributed by atoms with Crippen LogP contribution in [0, 0.1) is 0 Å². The van der Waals surface area contributed by atoms with E-state index in [1.165, 1.54) is 13.3 Å². The summed E-state index contributed by atoms with van der Waals surface area (Å²) in [6.45, 7) is 0. The molecule has 98 valence electrons. The number of carbonyl (C=O) groups is 1. The van der Waals surface area contributed by atoms with Crippen LogP contribution in [-0.2, 0) is 9.53 Å². The van der Waals surface area contributed by atoms with Gasteiger partial charge in [0.25, 0.3) is 0 Å². The summed E-state index contributed by atoms with van der Waals surface area (Å²) in [4.78, 5) is 16.0. The van der Waals surface area contributed by atoms with Gasteiger partial charge in [-0.1, -0.05) is 30.3 Å². The number of nitrogen functional groups attached to an aromatic ring is 1. The van der Waals surface area contributed by atoms with E-state index >= 15 is 0 Å². The highest BCUT2D eigenvalue weighted by molar-refractivity contribution is 5.80. The largest absolute Gasteiger partial charge is 0.467 e. The van der Waals surface area contributed by atoms with Gasteiger partial charge in [-0.15, -0.1) is 0 Å². The number of pyridine rings is 1. The van der Waals surface area contributed by atoms with Gasteiger partial charge >= 0.3 is 5.97 Å². The summed E-state index contributed by atoms with van der Waals surface area (Å²) in [5.74, 6) is 0.193. The third kappa shape index (κ3) is 3.22. The van der Waals surface area contributed by atoms with Crippen LogP contribution in [0.25, 0.3) is 0 Å². The van der Waals surface area contributed by atoms with E-state index in [0.717, 1.165) is 5.56 Å². The molecule has 0 spiro atoms. The van der Waals surface area contributed by atoms with Gasteiger partial charge in [0.1, 0.15) is 5.82 Å². The first kappa shape index (κ1) is 12.9. The van der Waals surface area contributed by atoms with Crippen LogP contribution in [0.2, 0.25) is 0 Å². The van der Waals surface area contributed by atoms with E-state index in [9.17, 15) is 4.79 Å². The minimum atomic E-state index is -0.595. The number of anilines is 2. The summed E-state index contributed by atoms with van der Waals surface area (Å²) in [5.41, 5.74) is 6.95. The van der Waals surface area contributed by atoms with E-state index in [4.69, 9.17) is 10.5 Å². The molecule has 2 aromatic rings. The second-order valence-corrected chi connectivity index (χ2v) is 3.99. The van der Waals surface area contributed by atoms with Crippen molar-refractivity contribution in [3.05, 3.63) is 54.2 Å². The van der Waals surface area contributed by atoms with Crippen molar-refractivity contribution in [3.8, 4) is 0 Å². The molecule has 1 atom stereocenters. The fraction of sp³-hybridized carbons (Fsp3) is 0.143. The molecule has 0 radical (unpaired) electrons. The number of methoxy groups -OCH3 is 1. The average Bonchev–Trinajstić information content (AvgIpc) is 2.47. The molecule has 5 nitrogen and oxygen atoms in total. The molecule has 0 fully saturated rings. The minimum Gasteiger partial charge on any atom is -0.467 e. The second-order valence-electron chi connectivity index (χ2n) is 3.99. The normalized spacial score (nSPS) is 11.6. The molecule has 1 heterocycles. The number of benzene rings is 1. The van der Waals surface area contributed by atoms with Crippen molar-refractivity contribution in [2.24, 2.45) is 0 Å². The molecule has 5 heteroatoms. The highest BCUT2D eigenvalue weighted by Crippen LogP contribution is 2.19. The first-order chi connectivity index (χ1) is 9.20. The summed E-state index contributed by atoms with van der Waals surface area (Å²) in [7, 11) is 1.36. The number of nitrogens with one attached hydrogen (secondary N) is 1. The number of carbonyl (C=O) groups excluding carboxylic acids is 1. The van der Waals surface area contributed by atoms with Gasteiger partial charge in [-0.2, -0.15) is 0 Å². The fourth-order valence-electron chi connectivity index (χ4n) is 1.68. The van der Waals surface area contributed by atoms with Gasteiger partial charge in [0.05, 0.1) is 19.0 Å². The van der Waals surface area contributed by atoms with E-state index in [2.05, 4.69) is 10.3 Å². The van der Waals surface area contributed by atoms with E-state index in [0.29, 0.717) is 11.5 Å². The van der Waals surface area contributed by atoms with Crippen molar-refractivity contribution < 1.29 is 9.53 Å². The Labute approximate surface area is 111 Å². The van der Waals surface area contributed by atoms with Crippen LogP contribution >= 0.6 is 0 Å². The molecule has 1 aromatic heterocycles. The Bertz CT molecular complexity index is 540. The molecule has 0 aliphatic carbocycles. The van der Waals surface area contributed by atoms with Crippen molar-refractivity contribution in [2.45, 2.75) is 6.04 Å². The molecule has 0 bridgehead atoms. The van der Waals surface area contributed by atoms with Gasteiger partial charge in [0.2, 0.25) is 0 Å². The molecular weight excluding hydrogens is 242 g/mol. The lowest BCUT2D eigenvalue weighted by Crippen LogP contribution is -2.22. The number of hydrogen-bond acceptors (Lipinski definition) is 5. The highest BCUT2D eigenvalue weighted by atomic mass is 16.5. The van der Waals surface area contributed by atoms with Crippen LogP contribution < -0.4 is 11.1 Å². The van der Waals surface area contributed by atoms with Crippen LogP contribution in [0.15, 0.2) is 48.7 Å². The SMILES string of the molecule is COC(=O)C(Nc1ccc(N)cn1)c1ccccc1. The fourth-order valence-corrected chi connectivity index (χ4v) is 1.68. The van der Waals surface area contributed by atoms with Crippen LogP contribution in [0.3, 0.4) is 0 Å². The third-order valence-electron chi connectivity index (χ3n) is 2.65. The van der Waals surface area contributed by atoms with Crippen molar-refractivity contribution in [2.75, 3.05) is 18.2 Å². The Morgan fingerprint density at radius 2 is 2.00 bits per heavy atom. The Morgan fingerprint density at radius 1 is 1.26 bits per heavy atom. The molecule has 0 amide bonds. The van der Waals surface area contributed by atoms with E-state index in [1.54, 1.807) is 12.1 Å². The number of hydrogen-bond donors (Lipinski definition) is 2. The highest BCUT2D eigenvalue weighted by Gasteiger charge is 2.21. The summed E-state index contributed by atoms with van der Waals surface area (Å²) < 4.78 is 4.81. The quantitative estimate of drug-likeness (QED) is 0.819. The smallest absolute Gasteiger partial charge is 0.333 e. The maximum atomic E-state index is 11.8. The van der Waals surface area contributed by atoms with Crippen molar-refractivity contribution in [1.82, 2.24) is 4.98 Å². The Hall–Kier alpha value is -2.56. The molecule has 1 aromatic carbocycles. The van der Waals surface area contributed by atoms with Crippen molar-refractivity contribution in [3.63, 3.8) is 0 Å². The van der Waals surface area contributed by atoms with Gasteiger partial charge in [-0.3, -0.25) is 0 Å². The number of rotatable bonds is 4. The molecule has 2 rings (SSSR count). The molecule has 0 saturated heterocycles. The van der Waals surface area contributed by atoms with Crippen LogP contribution in [0.1, 0.15) is 11.6 Å². The zero-order chi connectivity index (χ0) is 13.7. The third-order valence-corrected chi connectivity index (χ3v) is 2.65. The van der Waals surface area contributed by atoms with Crippen molar-refractivity contribution in [1.29, 1.82) is 0 Å². The maximum absolute atomic E-state index is 11.8. The van der Waals surface area contributed by atoms with Crippen LogP contribution in [0.4, 0.5) is 11.5 Å². The maximum Gasteiger partial charge on any atom is 0.333 e. The lowest BCUT2D eigenvalue weighted by atomic mass is 10.1. The Balaban J connectivity index is 2.24. The van der Waals surface area contributed by atoms with Crippen LogP contribution in [-0.4, -0.2) is 18.1 Å². The standard InChI is InChI=1S/C14H15N3O2/c1-19-14(18)13(10-5-3-2-4-6-10)17-12-8-7-11(15)9-16-12/h2-9,13H,15H2,1H3,(H,16,17). The molecule has 1 unspecified atom stereocenters. The molecule has 3 N–H and O–H groups in total. The van der Waals surface area contributed by atoms with Gasteiger partial charge in [0, 0.05) is 0 Å². The number of esters is 1. The minimum absolute atomic E-state index is 0.371. The number of nitrogens with two attached hydrogens (primary N) is 1. The molecule has 0 aliphatic heterocycles.